The van der Waals surface area contributed by atoms with E-state index in [1.165, 1.54) is 5.56 Å². The van der Waals surface area contributed by atoms with Crippen LogP contribution in [0.2, 0.25) is 0 Å². The summed E-state index contributed by atoms with van der Waals surface area (Å²) in [6.07, 6.45) is 4.20. The Labute approximate surface area is 126 Å². The van der Waals surface area contributed by atoms with Crippen LogP contribution in [0.15, 0.2) is 24.3 Å². The van der Waals surface area contributed by atoms with Gasteiger partial charge < -0.3 is 19.5 Å². The number of nitrogens with one attached hydrogen (secondary N) is 1. The predicted octanol–water partition coefficient (Wildman–Crippen LogP) is 2.51. The van der Waals surface area contributed by atoms with Crippen LogP contribution in [0, 0.1) is 0 Å². The minimum atomic E-state index is -0.00671. The summed E-state index contributed by atoms with van der Waals surface area (Å²) in [4.78, 5) is 0. The van der Waals surface area contributed by atoms with Crippen LogP contribution in [0.5, 0.6) is 5.75 Å². The fraction of sp³-hybridized carbons (Fsp3) is 0.647. The van der Waals surface area contributed by atoms with E-state index in [-0.39, 0.29) is 11.7 Å². The molecular weight excluding hydrogens is 266 g/mol. The second kappa shape index (κ2) is 6.77. The van der Waals surface area contributed by atoms with Crippen molar-refractivity contribution >= 4 is 0 Å². The smallest absolute Gasteiger partial charge is 0.119 e. The fourth-order valence-electron chi connectivity index (χ4n) is 3.26. The van der Waals surface area contributed by atoms with Crippen molar-refractivity contribution in [3.05, 3.63) is 29.8 Å². The molecule has 2 fully saturated rings. The Kier molecular flexibility index (Phi) is 4.78. The van der Waals surface area contributed by atoms with E-state index in [1.807, 2.05) is 7.05 Å². The van der Waals surface area contributed by atoms with Gasteiger partial charge >= 0.3 is 0 Å². The van der Waals surface area contributed by atoms with Crippen molar-refractivity contribution in [2.45, 2.75) is 43.9 Å². The normalized spacial score (nSPS) is 24.9. The van der Waals surface area contributed by atoms with Crippen molar-refractivity contribution in [2.75, 3.05) is 26.9 Å². The van der Waals surface area contributed by atoms with Gasteiger partial charge in [-0.1, -0.05) is 12.1 Å². The molecule has 2 heterocycles. The molecule has 1 aromatic carbocycles. The van der Waals surface area contributed by atoms with E-state index in [4.69, 9.17) is 14.2 Å². The molecular formula is C17H25NO3. The third kappa shape index (κ3) is 3.76. The number of benzene rings is 1. The van der Waals surface area contributed by atoms with Crippen LogP contribution in [0.3, 0.4) is 0 Å². The third-order valence-electron chi connectivity index (χ3n) is 4.46. The van der Waals surface area contributed by atoms with Crippen LogP contribution < -0.4 is 10.1 Å². The molecule has 0 radical (unpaired) electrons. The SMILES string of the molecule is CNCc1ccc(OC2CCOC3(CCOCC3)C2)cc1. The van der Waals surface area contributed by atoms with Crippen LogP contribution in [-0.4, -0.2) is 38.6 Å². The lowest BCUT2D eigenvalue weighted by Gasteiger charge is -2.43. The van der Waals surface area contributed by atoms with Crippen molar-refractivity contribution in [2.24, 2.45) is 0 Å². The largest absolute Gasteiger partial charge is 0.490 e. The molecule has 4 nitrogen and oxygen atoms in total. The molecule has 0 amide bonds. The number of hydrogen-bond acceptors (Lipinski definition) is 4. The number of rotatable bonds is 4. The van der Waals surface area contributed by atoms with Crippen LogP contribution in [0.4, 0.5) is 0 Å². The van der Waals surface area contributed by atoms with Gasteiger partial charge in [-0.15, -0.1) is 0 Å². The second-order valence-corrected chi connectivity index (χ2v) is 6.05. The van der Waals surface area contributed by atoms with Crippen LogP contribution in [-0.2, 0) is 16.0 Å². The lowest BCUT2D eigenvalue weighted by atomic mass is 9.85. The monoisotopic (exact) mass is 291 g/mol. The molecule has 1 spiro atoms. The van der Waals surface area contributed by atoms with E-state index < -0.39 is 0 Å². The van der Waals surface area contributed by atoms with Gasteiger partial charge in [-0.05, 0) is 37.6 Å². The van der Waals surface area contributed by atoms with E-state index in [1.54, 1.807) is 0 Å². The molecule has 0 saturated carbocycles. The van der Waals surface area contributed by atoms with Crippen molar-refractivity contribution in [3.63, 3.8) is 0 Å². The van der Waals surface area contributed by atoms with Crippen molar-refractivity contribution in [3.8, 4) is 5.75 Å². The van der Waals surface area contributed by atoms with Gasteiger partial charge in [0.25, 0.3) is 0 Å². The first-order valence-corrected chi connectivity index (χ1v) is 7.92. The molecule has 3 rings (SSSR count). The summed E-state index contributed by atoms with van der Waals surface area (Å²) in [7, 11) is 1.96. The zero-order valence-corrected chi connectivity index (χ0v) is 12.8. The van der Waals surface area contributed by atoms with Crippen LogP contribution in [0.1, 0.15) is 31.2 Å². The maximum absolute atomic E-state index is 6.17. The quantitative estimate of drug-likeness (QED) is 0.925. The Balaban J connectivity index is 1.59. The standard InChI is InChI=1S/C17H25NO3/c1-18-13-14-2-4-15(5-3-14)21-16-6-9-20-17(12-16)7-10-19-11-8-17/h2-5,16,18H,6-13H2,1H3. The summed E-state index contributed by atoms with van der Waals surface area (Å²) in [5, 5.41) is 3.15. The van der Waals surface area contributed by atoms with Gasteiger partial charge in [-0.3, -0.25) is 0 Å². The second-order valence-electron chi connectivity index (χ2n) is 6.05. The van der Waals surface area contributed by atoms with Gasteiger partial charge in [0.15, 0.2) is 0 Å². The topological polar surface area (TPSA) is 39.7 Å². The fourth-order valence-corrected chi connectivity index (χ4v) is 3.26. The minimum Gasteiger partial charge on any atom is -0.490 e. The van der Waals surface area contributed by atoms with E-state index >= 15 is 0 Å². The molecule has 1 N–H and O–H groups in total. The highest BCUT2D eigenvalue weighted by Gasteiger charge is 2.39. The van der Waals surface area contributed by atoms with Gasteiger partial charge in [0.1, 0.15) is 11.9 Å². The first-order valence-electron chi connectivity index (χ1n) is 7.92. The minimum absolute atomic E-state index is 0.00671. The van der Waals surface area contributed by atoms with Gasteiger partial charge in [-0.25, -0.2) is 0 Å². The average molecular weight is 291 g/mol. The Morgan fingerprint density at radius 3 is 2.67 bits per heavy atom. The average Bonchev–Trinajstić information content (AvgIpc) is 2.50. The maximum Gasteiger partial charge on any atom is 0.119 e. The summed E-state index contributed by atoms with van der Waals surface area (Å²) < 4.78 is 17.7. The molecule has 116 valence electrons. The third-order valence-corrected chi connectivity index (χ3v) is 4.46. The predicted molar refractivity (Wildman–Crippen MR) is 81.6 cm³/mol. The van der Waals surface area contributed by atoms with E-state index in [0.29, 0.717) is 0 Å². The molecule has 0 aliphatic carbocycles. The summed E-state index contributed by atoms with van der Waals surface area (Å²) in [6.45, 7) is 3.31. The lowest BCUT2D eigenvalue weighted by molar-refractivity contribution is -0.155. The molecule has 21 heavy (non-hydrogen) atoms. The molecule has 2 saturated heterocycles. The van der Waals surface area contributed by atoms with Crippen molar-refractivity contribution < 1.29 is 14.2 Å². The lowest BCUT2D eigenvalue weighted by Crippen LogP contribution is -2.47. The summed E-state index contributed by atoms with van der Waals surface area (Å²) >= 11 is 0. The summed E-state index contributed by atoms with van der Waals surface area (Å²) in [5.74, 6) is 0.962. The zero-order valence-electron chi connectivity index (χ0n) is 12.8. The van der Waals surface area contributed by atoms with Crippen LogP contribution >= 0.6 is 0 Å². The molecule has 1 unspecified atom stereocenters. The molecule has 1 atom stereocenters. The van der Waals surface area contributed by atoms with Crippen molar-refractivity contribution in [1.29, 1.82) is 0 Å². The Bertz CT molecular complexity index is 434. The molecule has 1 aromatic rings. The molecule has 4 heteroatoms. The summed E-state index contributed by atoms with van der Waals surface area (Å²) in [6, 6.07) is 8.38. The molecule has 0 bridgehead atoms. The molecule has 2 aliphatic rings. The number of ether oxygens (including phenoxy) is 3. The Morgan fingerprint density at radius 1 is 1.19 bits per heavy atom. The first kappa shape index (κ1) is 14.8. The maximum atomic E-state index is 6.17. The van der Waals surface area contributed by atoms with E-state index in [9.17, 15) is 0 Å². The summed E-state index contributed by atoms with van der Waals surface area (Å²) in [5.41, 5.74) is 1.27. The highest BCUT2D eigenvalue weighted by Crippen LogP contribution is 2.35. The van der Waals surface area contributed by atoms with Gasteiger partial charge in [-0.2, -0.15) is 0 Å². The van der Waals surface area contributed by atoms with Crippen molar-refractivity contribution in [1.82, 2.24) is 5.32 Å². The number of hydrogen-bond donors (Lipinski definition) is 1. The molecule has 2 aliphatic heterocycles. The van der Waals surface area contributed by atoms with E-state index in [0.717, 1.165) is 57.8 Å². The molecule has 0 aromatic heterocycles. The zero-order chi connectivity index (χ0) is 14.5. The van der Waals surface area contributed by atoms with Gasteiger partial charge in [0.2, 0.25) is 0 Å². The van der Waals surface area contributed by atoms with Gasteiger partial charge in [0, 0.05) is 32.6 Å². The Hall–Kier alpha value is -1.10. The highest BCUT2D eigenvalue weighted by molar-refractivity contribution is 5.27. The van der Waals surface area contributed by atoms with Crippen LogP contribution in [0.25, 0.3) is 0 Å². The highest BCUT2D eigenvalue weighted by atomic mass is 16.5. The van der Waals surface area contributed by atoms with Gasteiger partial charge in [0.05, 0.1) is 12.2 Å². The van der Waals surface area contributed by atoms with E-state index in [2.05, 4.69) is 29.6 Å². The Morgan fingerprint density at radius 2 is 1.95 bits per heavy atom. The first-order chi connectivity index (χ1) is 10.3.